The minimum absolute atomic E-state index is 0.0420. The van der Waals surface area contributed by atoms with Gasteiger partial charge in [-0.15, -0.1) is 0 Å². The van der Waals surface area contributed by atoms with E-state index in [0.29, 0.717) is 63.6 Å². The van der Waals surface area contributed by atoms with Crippen LogP contribution >= 0.6 is 0 Å². The number of nitrogens with two attached hydrogens (primary N) is 1. The summed E-state index contributed by atoms with van der Waals surface area (Å²) >= 11 is 0. The molecule has 8 amide bonds. The maximum absolute atomic E-state index is 15.2. The molecule has 0 radical (unpaired) electrons. The summed E-state index contributed by atoms with van der Waals surface area (Å²) in [4.78, 5) is 123. The Morgan fingerprint density at radius 3 is 2.19 bits per heavy atom. The molecule has 5 rings (SSSR count). The van der Waals surface area contributed by atoms with E-state index in [9.17, 15) is 57.8 Å². The first-order valence-electron chi connectivity index (χ1n) is 27.9. The maximum atomic E-state index is 15.2. The third kappa shape index (κ3) is 18.8. The van der Waals surface area contributed by atoms with Gasteiger partial charge >= 0.3 is 5.97 Å². The number of halogens is 2. The van der Waals surface area contributed by atoms with Gasteiger partial charge in [0.15, 0.2) is 0 Å². The van der Waals surface area contributed by atoms with Gasteiger partial charge in [0.05, 0.1) is 23.7 Å². The number of aromatic nitrogens is 2. The molecule has 1 aliphatic heterocycles. The number of benzene rings is 2. The van der Waals surface area contributed by atoms with E-state index in [1.54, 1.807) is 24.6 Å². The van der Waals surface area contributed by atoms with Gasteiger partial charge in [0.1, 0.15) is 42.2 Å². The van der Waals surface area contributed by atoms with Crippen LogP contribution in [-0.4, -0.2) is 139 Å². The van der Waals surface area contributed by atoms with Crippen LogP contribution in [-0.2, 0) is 49.7 Å². The molecule has 1 fully saturated rings. The van der Waals surface area contributed by atoms with Crippen LogP contribution < -0.4 is 32.3 Å². The number of carbonyl (C=O) groups is 9. The van der Waals surface area contributed by atoms with Crippen molar-refractivity contribution in [3.05, 3.63) is 89.9 Å². The number of rotatable bonds is 31. The lowest BCUT2D eigenvalue weighted by molar-refractivity contribution is -0.142. The molecule has 2 aromatic carbocycles. The van der Waals surface area contributed by atoms with E-state index in [-0.39, 0.29) is 86.2 Å². The monoisotopic (exact) mass is 1130 g/mol. The fourth-order valence-corrected chi connectivity index (χ4v) is 10.1. The van der Waals surface area contributed by atoms with Gasteiger partial charge in [-0.3, -0.25) is 43.3 Å². The number of aliphatic carboxylic acids is 1. The van der Waals surface area contributed by atoms with E-state index in [4.69, 9.17) is 10.7 Å². The van der Waals surface area contributed by atoms with Gasteiger partial charge in [-0.05, 0) is 87.0 Å². The molecule has 1 saturated carbocycles. The van der Waals surface area contributed by atoms with Gasteiger partial charge in [-0.25, -0.2) is 18.6 Å². The SMILES string of the molecule is CC(C)[C@H](NC(=O)CCCCCN1C(=O)C=CC1=O)C(=O)N[C@@H](C)C(=O)N[C@@H](CCCCCNC(=O)[C@H]1CCC[C@H]1NC(=O)[C@@H](N)CCN(C(=O)CO)[C@@H](c1nc(-c2cc(F)ccc2F)cn1Cc1ccccc1)C(C)(C)C)C(=O)O. The highest BCUT2D eigenvalue weighted by atomic mass is 19.1. The number of imidazole rings is 1. The average molecular weight is 1130 g/mol. The van der Waals surface area contributed by atoms with E-state index in [2.05, 4.69) is 26.6 Å². The highest BCUT2D eigenvalue weighted by Gasteiger charge is 2.40. The van der Waals surface area contributed by atoms with Crippen LogP contribution in [0.4, 0.5) is 8.78 Å². The molecular weight excluding hydrogens is 1050 g/mol. The van der Waals surface area contributed by atoms with Crippen molar-refractivity contribution in [3.8, 4) is 11.3 Å². The third-order valence-electron chi connectivity index (χ3n) is 14.5. The Labute approximate surface area is 471 Å². The van der Waals surface area contributed by atoms with Crippen molar-refractivity contribution in [1.82, 2.24) is 45.9 Å². The molecule has 0 unspecified atom stereocenters. The van der Waals surface area contributed by atoms with E-state index >= 15 is 4.39 Å². The van der Waals surface area contributed by atoms with E-state index in [1.165, 1.54) is 24.0 Å². The Balaban J connectivity index is 1.07. The maximum Gasteiger partial charge on any atom is 0.326 e. The largest absolute Gasteiger partial charge is 0.480 e. The number of nitrogens with zero attached hydrogens (tertiary/aromatic N) is 4. The Kier molecular flexibility index (Phi) is 24.2. The van der Waals surface area contributed by atoms with Crippen LogP contribution in [0.3, 0.4) is 0 Å². The zero-order chi connectivity index (χ0) is 59.6. The second-order valence-corrected chi connectivity index (χ2v) is 22.3. The zero-order valence-corrected chi connectivity index (χ0v) is 47.2. The predicted molar refractivity (Wildman–Crippen MR) is 296 cm³/mol. The van der Waals surface area contributed by atoms with Crippen molar-refractivity contribution >= 4 is 53.2 Å². The molecule has 2 aliphatic rings. The Morgan fingerprint density at radius 1 is 0.840 bits per heavy atom. The summed E-state index contributed by atoms with van der Waals surface area (Å²) < 4.78 is 31.4. The molecule has 2 heterocycles. The Hall–Kier alpha value is -7.40. The minimum Gasteiger partial charge on any atom is -0.480 e. The lowest BCUT2D eigenvalue weighted by atomic mass is 9.84. The van der Waals surface area contributed by atoms with Crippen LogP contribution in [0.2, 0.25) is 0 Å². The molecule has 0 spiro atoms. The van der Waals surface area contributed by atoms with Crippen LogP contribution in [0, 0.1) is 28.9 Å². The van der Waals surface area contributed by atoms with Gasteiger partial charge in [-0.1, -0.05) is 90.6 Å². The molecule has 0 bridgehead atoms. The number of imide groups is 1. The van der Waals surface area contributed by atoms with E-state index in [0.717, 1.165) is 28.7 Å². The second kappa shape index (κ2) is 30.4. The van der Waals surface area contributed by atoms with Crippen molar-refractivity contribution in [1.29, 1.82) is 0 Å². The summed E-state index contributed by atoms with van der Waals surface area (Å²) in [5.74, 6) is -7.14. The molecule has 81 heavy (non-hydrogen) atoms. The number of carboxylic acid groups (broad SMARTS) is 1. The molecule has 23 heteroatoms. The van der Waals surface area contributed by atoms with Gasteiger partial charge in [0.25, 0.3) is 11.8 Å². The van der Waals surface area contributed by atoms with Crippen molar-refractivity contribution in [2.75, 3.05) is 26.2 Å². The number of unbranched alkanes of at least 4 members (excludes halogenated alkanes) is 4. The smallest absolute Gasteiger partial charge is 0.326 e. The summed E-state index contributed by atoms with van der Waals surface area (Å²) in [7, 11) is 0. The predicted octanol–water partition coefficient (Wildman–Crippen LogP) is 4.16. The highest BCUT2D eigenvalue weighted by Crippen LogP contribution is 2.40. The molecule has 21 nitrogen and oxygen atoms in total. The molecule has 442 valence electrons. The molecule has 0 saturated heterocycles. The second-order valence-electron chi connectivity index (χ2n) is 22.3. The standard InChI is InChI=1S/C58H80F2N10O11/c1-35(2)50(67-46(72)22-13-9-15-29-69-47(73)25-26-48(69)74)56(79)63-36(3)53(76)66-44(57(80)81)20-12-8-14-28-62-54(77)39-19-16-21-43(39)65-55(78)42(61)27-30-70(49(75)34-71)51(58(4,5)6)52-64-45(40-31-38(59)23-24-41(40)60)33-68(52)32-37-17-10-7-11-18-37/h7,10-11,17-18,23-26,31,33,35-36,39,42-44,50-51,71H,8-9,12-16,19-22,27-30,32,34,61H2,1-6H3,(H,62,77)(H,63,79)(H,65,78)(H,66,76)(H,67,72)(H,80,81)/t36-,39-,42-,43+,44-,50-,51-/m0/s1. The fourth-order valence-electron chi connectivity index (χ4n) is 10.1. The van der Waals surface area contributed by atoms with Crippen LogP contribution in [0.1, 0.15) is 136 Å². The number of hydrogen-bond acceptors (Lipinski definition) is 12. The van der Waals surface area contributed by atoms with E-state index in [1.807, 2.05) is 51.1 Å². The quantitative estimate of drug-likeness (QED) is 0.0332. The van der Waals surface area contributed by atoms with Crippen molar-refractivity contribution < 1.29 is 62.1 Å². The summed E-state index contributed by atoms with van der Waals surface area (Å²) in [6.45, 7) is 10.3. The summed E-state index contributed by atoms with van der Waals surface area (Å²) in [6.07, 6.45) is 8.74. The normalized spacial score (nSPS) is 17.0. The van der Waals surface area contributed by atoms with Crippen LogP contribution in [0.25, 0.3) is 11.3 Å². The summed E-state index contributed by atoms with van der Waals surface area (Å²) in [6, 6.07) is 6.55. The molecule has 1 aliphatic carbocycles. The topological polar surface area (TPSA) is 305 Å². The summed E-state index contributed by atoms with van der Waals surface area (Å²) in [5.41, 5.74) is 6.66. The fraction of sp³-hybridized carbons (Fsp3) is 0.552. The van der Waals surface area contributed by atoms with E-state index < -0.39 is 95.4 Å². The number of amides is 8. The molecule has 3 aromatic rings. The lowest BCUT2D eigenvalue weighted by Gasteiger charge is -2.40. The number of nitrogens with one attached hydrogen (secondary N) is 5. The van der Waals surface area contributed by atoms with Gasteiger partial charge in [0, 0.05) is 62.6 Å². The molecule has 9 N–H and O–H groups in total. The number of hydrogen-bond donors (Lipinski definition) is 8. The third-order valence-corrected chi connectivity index (χ3v) is 14.5. The number of aliphatic hydroxyl groups excluding tert-OH is 1. The first-order valence-corrected chi connectivity index (χ1v) is 27.9. The van der Waals surface area contributed by atoms with Crippen LogP contribution in [0.5, 0.6) is 0 Å². The lowest BCUT2D eigenvalue weighted by Crippen LogP contribution is -2.56. The summed E-state index contributed by atoms with van der Waals surface area (Å²) in [5, 5.41) is 33.7. The molecule has 7 atom stereocenters. The first-order chi connectivity index (χ1) is 38.4. The van der Waals surface area contributed by atoms with Crippen molar-refractivity contribution in [3.63, 3.8) is 0 Å². The number of aliphatic hydroxyl groups is 1. The van der Waals surface area contributed by atoms with Gasteiger partial charge in [0.2, 0.25) is 35.4 Å². The minimum atomic E-state index is -1.27. The first kappa shape index (κ1) is 64.4. The van der Waals surface area contributed by atoms with Crippen molar-refractivity contribution in [2.45, 2.75) is 161 Å². The number of carboxylic acids is 1. The number of carbonyl (C=O) groups excluding carboxylic acids is 8. The molecule has 1 aromatic heterocycles. The Morgan fingerprint density at radius 2 is 1.53 bits per heavy atom. The molecular formula is C58H80F2N10O11. The van der Waals surface area contributed by atoms with Gasteiger partial charge in [-0.2, -0.15) is 0 Å². The van der Waals surface area contributed by atoms with Gasteiger partial charge < -0.3 is 52.0 Å². The van der Waals surface area contributed by atoms with Crippen LogP contribution in [0.15, 0.2) is 66.9 Å². The zero-order valence-electron chi connectivity index (χ0n) is 47.2. The Bertz CT molecular complexity index is 2710. The van der Waals surface area contributed by atoms with Crippen molar-refractivity contribution in [2.24, 2.45) is 23.0 Å². The average Bonchev–Trinajstić information content (AvgIpc) is 4.33. The highest BCUT2D eigenvalue weighted by molar-refractivity contribution is 6.12.